The molecule has 3 aromatic rings. The lowest BCUT2D eigenvalue weighted by Crippen LogP contribution is -2.29. The maximum absolute atomic E-state index is 11.9. The molecule has 0 saturated heterocycles. The topological polar surface area (TPSA) is 63.2 Å². The Morgan fingerprint density at radius 1 is 0.880 bits per heavy atom. The molecule has 1 heterocycles. The Hall–Kier alpha value is -3.34. The van der Waals surface area contributed by atoms with Crippen molar-refractivity contribution in [1.82, 2.24) is 10.3 Å². The van der Waals surface area contributed by atoms with Crippen molar-refractivity contribution in [3.05, 3.63) is 84.7 Å². The van der Waals surface area contributed by atoms with Crippen molar-refractivity contribution in [1.29, 1.82) is 0 Å². The maximum Gasteiger partial charge on any atom is 0.239 e. The van der Waals surface area contributed by atoms with Crippen LogP contribution in [0.4, 0.5) is 5.69 Å². The molecule has 0 spiro atoms. The van der Waals surface area contributed by atoms with Crippen molar-refractivity contribution >= 4 is 11.6 Å². The normalized spacial score (nSPS) is 10.1. The fraction of sp³-hybridized carbons (Fsp3) is 0.100. The third-order valence-electron chi connectivity index (χ3n) is 3.48. The van der Waals surface area contributed by atoms with Crippen LogP contribution in [0.1, 0.15) is 5.69 Å². The van der Waals surface area contributed by atoms with Crippen LogP contribution in [-0.4, -0.2) is 17.4 Å². The fourth-order valence-corrected chi connectivity index (χ4v) is 2.20. The van der Waals surface area contributed by atoms with Gasteiger partial charge in [0.25, 0.3) is 0 Å². The molecule has 2 aromatic carbocycles. The molecule has 126 valence electrons. The van der Waals surface area contributed by atoms with Crippen molar-refractivity contribution in [2.75, 3.05) is 11.9 Å². The van der Waals surface area contributed by atoms with E-state index in [9.17, 15) is 4.79 Å². The van der Waals surface area contributed by atoms with Gasteiger partial charge < -0.3 is 15.4 Å². The Kier molecular flexibility index (Phi) is 5.61. The van der Waals surface area contributed by atoms with Gasteiger partial charge in [0.1, 0.15) is 11.5 Å². The van der Waals surface area contributed by atoms with Crippen LogP contribution in [0.25, 0.3) is 0 Å². The molecule has 0 atom stereocenters. The number of aromatic nitrogens is 1. The lowest BCUT2D eigenvalue weighted by molar-refractivity contribution is -0.119. The molecule has 0 fully saturated rings. The zero-order valence-corrected chi connectivity index (χ0v) is 13.7. The van der Waals surface area contributed by atoms with E-state index in [1.807, 2.05) is 72.8 Å². The van der Waals surface area contributed by atoms with Gasteiger partial charge in [0, 0.05) is 11.9 Å². The Morgan fingerprint density at radius 3 is 2.32 bits per heavy atom. The molecule has 0 unspecified atom stereocenters. The van der Waals surface area contributed by atoms with E-state index in [0.29, 0.717) is 6.54 Å². The first-order chi connectivity index (χ1) is 12.3. The van der Waals surface area contributed by atoms with E-state index in [2.05, 4.69) is 15.6 Å². The number of carbonyl (C=O) groups is 1. The predicted molar refractivity (Wildman–Crippen MR) is 97.5 cm³/mol. The third-order valence-corrected chi connectivity index (χ3v) is 3.48. The first-order valence-electron chi connectivity index (χ1n) is 8.03. The number of hydrogen-bond acceptors (Lipinski definition) is 4. The molecule has 5 nitrogen and oxygen atoms in total. The number of rotatable bonds is 7. The van der Waals surface area contributed by atoms with Crippen molar-refractivity contribution in [3.63, 3.8) is 0 Å². The average Bonchev–Trinajstić information content (AvgIpc) is 2.67. The first kappa shape index (κ1) is 16.5. The summed E-state index contributed by atoms with van der Waals surface area (Å²) in [5, 5.41) is 5.91. The summed E-state index contributed by atoms with van der Waals surface area (Å²) in [6.07, 6.45) is 1.71. The maximum atomic E-state index is 11.9. The van der Waals surface area contributed by atoms with Crippen LogP contribution in [0, 0.1) is 0 Å². The van der Waals surface area contributed by atoms with Crippen LogP contribution in [0.15, 0.2) is 79.0 Å². The molecule has 0 radical (unpaired) electrons. The second-order valence-electron chi connectivity index (χ2n) is 5.39. The minimum atomic E-state index is -0.0877. The van der Waals surface area contributed by atoms with Gasteiger partial charge in [0.05, 0.1) is 18.8 Å². The summed E-state index contributed by atoms with van der Waals surface area (Å²) in [6.45, 7) is 0.622. The lowest BCUT2D eigenvalue weighted by atomic mass is 10.3. The van der Waals surface area contributed by atoms with Crippen LogP contribution in [0.2, 0.25) is 0 Å². The molecule has 1 aromatic heterocycles. The second kappa shape index (κ2) is 8.49. The third kappa shape index (κ3) is 5.35. The molecule has 25 heavy (non-hydrogen) atoms. The molecule has 0 bridgehead atoms. The van der Waals surface area contributed by atoms with E-state index in [4.69, 9.17) is 4.74 Å². The summed E-state index contributed by atoms with van der Waals surface area (Å²) < 4.78 is 5.73. The van der Waals surface area contributed by atoms with Gasteiger partial charge in [-0.1, -0.05) is 24.3 Å². The molecule has 1 amide bonds. The molecule has 3 rings (SSSR count). The number of anilines is 1. The van der Waals surface area contributed by atoms with Crippen molar-refractivity contribution in [2.45, 2.75) is 6.54 Å². The molecule has 0 aliphatic carbocycles. The number of nitrogens with one attached hydrogen (secondary N) is 2. The van der Waals surface area contributed by atoms with E-state index in [-0.39, 0.29) is 12.5 Å². The number of benzene rings is 2. The minimum Gasteiger partial charge on any atom is -0.457 e. The summed E-state index contributed by atoms with van der Waals surface area (Å²) >= 11 is 0. The summed E-state index contributed by atoms with van der Waals surface area (Å²) in [7, 11) is 0. The molecular formula is C20H19N3O2. The highest BCUT2D eigenvalue weighted by atomic mass is 16.5. The smallest absolute Gasteiger partial charge is 0.239 e. The Bertz CT molecular complexity index is 790. The lowest BCUT2D eigenvalue weighted by Gasteiger charge is -2.09. The Balaban J connectivity index is 1.44. The van der Waals surface area contributed by atoms with E-state index in [1.54, 1.807) is 6.20 Å². The van der Waals surface area contributed by atoms with E-state index in [0.717, 1.165) is 22.9 Å². The molecular weight excluding hydrogens is 314 g/mol. The molecule has 0 aliphatic rings. The first-order valence-corrected chi connectivity index (χ1v) is 8.03. The van der Waals surface area contributed by atoms with Crippen LogP contribution >= 0.6 is 0 Å². The highest BCUT2D eigenvalue weighted by molar-refractivity contribution is 5.80. The van der Waals surface area contributed by atoms with E-state index >= 15 is 0 Å². The van der Waals surface area contributed by atoms with Gasteiger partial charge in [-0.05, 0) is 48.5 Å². The number of para-hydroxylation sites is 1. The summed E-state index contributed by atoms with van der Waals surface area (Å²) in [5.41, 5.74) is 1.69. The van der Waals surface area contributed by atoms with Crippen molar-refractivity contribution < 1.29 is 9.53 Å². The minimum absolute atomic E-state index is 0.0877. The van der Waals surface area contributed by atoms with Gasteiger partial charge >= 0.3 is 0 Å². The number of nitrogens with zero attached hydrogens (tertiary/aromatic N) is 1. The monoisotopic (exact) mass is 333 g/mol. The number of amides is 1. The van der Waals surface area contributed by atoms with Crippen LogP contribution in [0.5, 0.6) is 11.5 Å². The zero-order valence-electron chi connectivity index (χ0n) is 13.7. The molecule has 2 N–H and O–H groups in total. The summed E-state index contributed by atoms with van der Waals surface area (Å²) in [5.74, 6) is 1.45. The summed E-state index contributed by atoms with van der Waals surface area (Å²) in [6, 6.07) is 22.7. The number of ether oxygens (including phenoxy) is 1. The quantitative estimate of drug-likeness (QED) is 0.693. The standard InChI is InChI=1S/C20H19N3O2/c24-20(23-14-17-6-4-5-13-21-17)15-22-16-9-11-19(12-10-16)25-18-7-2-1-3-8-18/h1-13,22H,14-15H2,(H,23,24). The zero-order chi connectivity index (χ0) is 17.3. The van der Waals surface area contributed by atoms with Crippen molar-refractivity contribution in [2.24, 2.45) is 0 Å². The van der Waals surface area contributed by atoms with E-state index in [1.165, 1.54) is 0 Å². The second-order valence-corrected chi connectivity index (χ2v) is 5.39. The van der Waals surface area contributed by atoms with Gasteiger partial charge in [-0.25, -0.2) is 0 Å². The van der Waals surface area contributed by atoms with Crippen molar-refractivity contribution in [3.8, 4) is 11.5 Å². The number of carbonyl (C=O) groups excluding carboxylic acids is 1. The van der Waals surface area contributed by atoms with Crippen LogP contribution < -0.4 is 15.4 Å². The van der Waals surface area contributed by atoms with Gasteiger partial charge in [-0.3, -0.25) is 9.78 Å². The predicted octanol–water partition coefficient (Wildman–Crippen LogP) is 3.60. The van der Waals surface area contributed by atoms with Gasteiger partial charge in [0.15, 0.2) is 0 Å². The highest BCUT2D eigenvalue weighted by Gasteiger charge is 2.02. The molecule has 0 saturated carbocycles. The largest absolute Gasteiger partial charge is 0.457 e. The number of hydrogen-bond donors (Lipinski definition) is 2. The van der Waals surface area contributed by atoms with Crippen LogP contribution in [0.3, 0.4) is 0 Å². The number of pyridine rings is 1. The Morgan fingerprint density at radius 2 is 1.60 bits per heavy atom. The SMILES string of the molecule is O=C(CNc1ccc(Oc2ccccc2)cc1)NCc1ccccn1. The molecule has 5 heteroatoms. The highest BCUT2D eigenvalue weighted by Crippen LogP contribution is 2.22. The fourth-order valence-electron chi connectivity index (χ4n) is 2.20. The Labute approximate surface area is 146 Å². The van der Waals surface area contributed by atoms with Gasteiger partial charge in [0.2, 0.25) is 5.91 Å². The van der Waals surface area contributed by atoms with Gasteiger partial charge in [-0.2, -0.15) is 0 Å². The van der Waals surface area contributed by atoms with Gasteiger partial charge in [-0.15, -0.1) is 0 Å². The van der Waals surface area contributed by atoms with Crippen LogP contribution in [-0.2, 0) is 11.3 Å². The average molecular weight is 333 g/mol. The summed E-state index contributed by atoms with van der Waals surface area (Å²) in [4.78, 5) is 16.0. The molecule has 0 aliphatic heterocycles. The van der Waals surface area contributed by atoms with E-state index < -0.39 is 0 Å².